The van der Waals surface area contributed by atoms with E-state index in [2.05, 4.69) is 35.7 Å². The Morgan fingerprint density at radius 2 is 2.33 bits per heavy atom. The highest BCUT2D eigenvalue weighted by Crippen LogP contribution is 2.22. The maximum Gasteiger partial charge on any atom is 0.354 e. The van der Waals surface area contributed by atoms with Gasteiger partial charge in [0.05, 0.1) is 7.11 Å². The second-order valence-corrected chi connectivity index (χ2v) is 6.05. The van der Waals surface area contributed by atoms with Crippen molar-refractivity contribution in [3.05, 3.63) is 23.5 Å². The molecular weight excluding hydrogens is 266 g/mol. The summed E-state index contributed by atoms with van der Waals surface area (Å²) >= 11 is 0. The van der Waals surface area contributed by atoms with Gasteiger partial charge in [0.1, 0.15) is 5.69 Å². The highest BCUT2D eigenvalue weighted by Gasteiger charge is 2.28. The molecule has 0 radical (unpaired) electrons. The first-order valence-corrected chi connectivity index (χ1v) is 7.73. The van der Waals surface area contributed by atoms with Crippen LogP contribution in [0.1, 0.15) is 36.3 Å². The average molecular weight is 293 g/mol. The maximum absolute atomic E-state index is 11.5. The minimum absolute atomic E-state index is 0.312. The van der Waals surface area contributed by atoms with E-state index in [-0.39, 0.29) is 5.97 Å². The largest absolute Gasteiger partial charge is 0.464 e. The zero-order valence-electron chi connectivity index (χ0n) is 13.6. The molecule has 1 aliphatic heterocycles. The van der Waals surface area contributed by atoms with E-state index in [9.17, 15) is 4.79 Å². The fraction of sp³-hybridized carbons (Fsp3) is 0.688. The lowest BCUT2D eigenvalue weighted by atomic mass is 9.92. The van der Waals surface area contributed by atoms with Crippen molar-refractivity contribution in [3.63, 3.8) is 0 Å². The highest BCUT2D eigenvalue weighted by molar-refractivity contribution is 5.87. The maximum atomic E-state index is 11.5. The Labute approximate surface area is 127 Å². The highest BCUT2D eigenvalue weighted by atomic mass is 16.5. The van der Waals surface area contributed by atoms with E-state index < -0.39 is 0 Å². The van der Waals surface area contributed by atoms with Gasteiger partial charge in [-0.1, -0.05) is 13.8 Å². The Kier molecular flexibility index (Phi) is 5.42. The second kappa shape index (κ2) is 7.09. The molecule has 118 valence electrons. The van der Waals surface area contributed by atoms with E-state index in [1.807, 2.05) is 12.3 Å². The van der Waals surface area contributed by atoms with Gasteiger partial charge in [-0.05, 0) is 44.1 Å². The van der Waals surface area contributed by atoms with Gasteiger partial charge in [-0.15, -0.1) is 0 Å². The molecule has 2 rings (SSSR count). The van der Waals surface area contributed by atoms with Gasteiger partial charge in [-0.3, -0.25) is 4.90 Å². The van der Waals surface area contributed by atoms with Crippen molar-refractivity contribution in [1.29, 1.82) is 0 Å². The number of likely N-dealkylation sites (tertiary alicyclic amines) is 1. The summed E-state index contributed by atoms with van der Waals surface area (Å²) in [6.07, 6.45) is 3.11. The van der Waals surface area contributed by atoms with Gasteiger partial charge in [0, 0.05) is 25.3 Å². The minimum Gasteiger partial charge on any atom is -0.464 e. The molecule has 0 bridgehead atoms. The third-order valence-corrected chi connectivity index (χ3v) is 4.54. The second-order valence-electron chi connectivity index (χ2n) is 6.05. The minimum atomic E-state index is -0.312. The van der Waals surface area contributed by atoms with Crippen LogP contribution >= 0.6 is 0 Å². The number of ether oxygens (including phenoxy) is 1. The van der Waals surface area contributed by atoms with Crippen molar-refractivity contribution in [1.82, 2.24) is 14.8 Å². The average Bonchev–Trinajstić information content (AvgIpc) is 2.94. The number of nitrogens with zero attached hydrogens (tertiary/aromatic N) is 2. The number of hydrogen-bond acceptors (Lipinski definition) is 4. The van der Waals surface area contributed by atoms with Crippen molar-refractivity contribution in [2.24, 2.45) is 5.92 Å². The predicted octanol–water partition coefficient (Wildman–Crippen LogP) is 1.96. The summed E-state index contributed by atoms with van der Waals surface area (Å²) in [5.41, 5.74) is 1.65. The molecule has 1 saturated heterocycles. The van der Waals surface area contributed by atoms with Gasteiger partial charge in [0.25, 0.3) is 0 Å². The molecule has 5 nitrogen and oxygen atoms in total. The van der Waals surface area contributed by atoms with Crippen LogP contribution in [0.15, 0.2) is 12.3 Å². The number of rotatable bonds is 5. The quantitative estimate of drug-likeness (QED) is 0.843. The molecule has 1 aliphatic rings. The molecular formula is C16H27N3O2. The lowest BCUT2D eigenvalue weighted by molar-refractivity contribution is 0.0594. The van der Waals surface area contributed by atoms with Crippen molar-refractivity contribution < 1.29 is 9.53 Å². The monoisotopic (exact) mass is 293 g/mol. The number of nitrogens with one attached hydrogen (secondary N) is 1. The number of aromatic amines is 1. The lowest BCUT2D eigenvalue weighted by Gasteiger charge is -2.41. The molecule has 0 aromatic carbocycles. The van der Waals surface area contributed by atoms with E-state index in [0.29, 0.717) is 17.7 Å². The van der Waals surface area contributed by atoms with E-state index >= 15 is 0 Å². The first-order chi connectivity index (χ1) is 10.0. The Morgan fingerprint density at radius 1 is 1.57 bits per heavy atom. The summed E-state index contributed by atoms with van der Waals surface area (Å²) in [4.78, 5) is 19.4. The fourth-order valence-electron chi connectivity index (χ4n) is 3.33. The molecule has 21 heavy (non-hydrogen) atoms. The molecule has 0 aliphatic carbocycles. The van der Waals surface area contributed by atoms with Crippen LogP contribution in [0.5, 0.6) is 0 Å². The normalized spacial score (nSPS) is 23.5. The summed E-state index contributed by atoms with van der Waals surface area (Å²) in [6, 6.07) is 2.48. The van der Waals surface area contributed by atoms with Gasteiger partial charge in [-0.2, -0.15) is 0 Å². The predicted molar refractivity (Wildman–Crippen MR) is 83.3 cm³/mol. The molecule has 1 aromatic heterocycles. The SMILES string of the molecule is CCN1CC[C@@H](N(C)Cc2c[nH]c(C(=O)OC)c2)[C@H](C)C1. The molecule has 0 unspecified atom stereocenters. The summed E-state index contributed by atoms with van der Waals surface area (Å²) in [5, 5.41) is 0. The first-order valence-electron chi connectivity index (χ1n) is 7.73. The summed E-state index contributed by atoms with van der Waals surface area (Å²) in [5.74, 6) is 0.358. The molecule has 1 aromatic rings. The fourth-order valence-corrected chi connectivity index (χ4v) is 3.33. The number of carbonyl (C=O) groups is 1. The van der Waals surface area contributed by atoms with E-state index in [4.69, 9.17) is 4.74 Å². The Hall–Kier alpha value is -1.33. The summed E-state index contributed by atoms with van der Waals surface area (Å²) in [6.45, 7) is 8.91. The van der Waals surface area contributed by atoms with Gasteiger partial charge in [0.15, 0.2) is 0 Å². The molecule has 0 saturated carbocycles. The summed E-state index contributed by atoms with van der Waals surface area (Å²) in [7, 11) is 3.58. The standard InChI is InChI=1S/C16H27N3O2/c1-5-19-7-6-15(12(2)10-19)18(3)11-13-8-14(17-9-13)16(20)21-4/h8-9,12,15,17H,5-7,10-11H2,1-4H3/t12-,15-/m1/s1. The zero-order chi connectivity index (χ0) is 15.4. The van der Waals surface area contributed by atoms with Gasteiger partial charge < -0.3 is 14.6 Å². The molecule has 1 N–H and O–H groups in total. The van der Waals surface area contributed by atoms with Crippen LogP contribution in [0.3, 0.4) is 0 Å². The molecule has 2 heterocycles. The molecule has 2 atom stereocenters. The zero-order valence-corrected chi connectivity index (χ0v) is 13.6. The Bertz CT molecular complexity index is 472. The van der Waals surface area contributed by atoms with Crippen molar-refractivity contribution in [2.75, 3.05) is 33.8 Å². The van der Waals surface area contributed by atoms with Crippen molar-refractivity contribution in [2.45, 2.75) is 32.9 Å². The first kappa shape index (κ1) is 16.0. The molecule has 0 spiro atoms. The van der Waals surface area contributed by atoms with Gasteiger partial charge >= 0.3 is 5.97 Å². The smallest absolute Gasteiger partial charge is 0.354 e. The number of hydrogen-bond donors (Lipinski definition) is 1. The number of aromatic nitrogens is 1. The Morgan fingerprint density at radius 3 is 2.95 bits per heavy atom. The van der Waals surface area contributed by atoms with Crippen LogP contribution in [-0.2, 0) is 11.3 Å². The topological polar surface area (TPSA) is 48.6 Å². The number of piperidine rings is 1. The number of H-pyrrole nitrogens is 1. The summed E-state index contributed by atoms with van der Waals surface area (Å²) < 4.78 is 4.72. The Balaban J connectivity index is 1.93. The van der Waals surface area contributed by atoms with Crippen LogP contribution in [0, 0.1) is 5.92 Å². The lowest BCUT2D eigenvalue weighted by Crippen LogP contribution is -2.48. The number of methoxy groups -OCH3 is 1. The number of esters is 1. The van der Waals surface area contributed by atoms with Crippen LogP contribution in [0.4, 0.5) is 0 Å². The van der Waals surface area contributed by atoms with Crippen molar-refractivity contribution in [3.8, 4) is 0 Å². The van der Waals surface area contributed by atoms with Crippen LogP contribution < -0.4 is 0 Å². The van der Waals surface area contributed by atoms with Crippen LogP contribution in [0.25, 0.3) is 0 Å². The van der Waals surface area contributed by atoms with Gasteiger partial charge in [-0.25, -0.2) is 4.79 Å². The molecule has 5 heteroatoms. The van der Waals surface area contributed by atoms with E-state index in [1.165, 1.54) is 26.6 Å². The molecule has 0 amide bonds. The van der Waals surface area contributed by atoms with Crippen molar-refractivity contribution >= 4 is 5.97 Å². The van der Waals surface area contributed by atoms with Crippen LogP contribution in [-0.4, -0.2) is 60.6 Å². The third kappa shape index (κ3) is 3.86. The third-order valence-electron chi connectivity index (χ3n) is 4.54. The van der Waals surface area contributed by atoms with Gasteiger partial charge in [0.2, 0.25) is 0 Å². The molecule has 1 fully saturated rings. The van der Waals surface area contributed by atoms with E-state index in [1.54, 1.807) is 0 Å². The number of carbonyl (C=O) groups excluding carboxylic acids is 1. The van der Waals surface area contributed by atoms with E-state index in [0.717, 1.165) is 18.7 Å². The van der Waals surface area contributed by atoms with Crippen LogP contribution in [0.2, 0.25) is 0 Å².